The Morgan fingerprint density at radius 2 is 2.05 bits per heavy atom. The number of furan rings is 1. The molecule has 1 N–H and O–H groups in total. The van der Waals surface area contributed by atoms with Crippen molar-refractivity contribution in [2.75, 3.05) is 0 Å². The molecule has 0 aliphatic rings. The lowest BCUT2D eigenvalue weighted by atomic mass is 10.1. The van der Waals surface area contributed by atoms with Crippen LogP contribution in [0.5, 0.6) is 0 Å². The number of aryl methyl sites for hydroxylation is 1. The summed E-state index contributed by atoms with van der Waals surface area (Å²) in [5, 5.41) is 3.36. The SMILES string of the molecule is Cc1cc(-c2ccc(CNCc3cccnc3)o2)ccc1Br. The third-order valence-electron chi connectivity index (χ3n) is 3.46. The summed E-state index contributed by atoms with van der Waals surface area (Å²) in [5.41, 5.74) is 3.46. The number of pyridine rings is 1. The number of nitrogens with one attached hydrogen (secondary N) is 1. The number of benzene rings is 1. The van der Waals surface area contributed by atoms with Gasteiger partial charge in [-0.3, -0.25) is 4.98 Å². The highest BCUT2D eigenvalue weighted by Gasteiger charge is 2.06. The monoisotopic (exact) mass is 356 g/mol. The third-order valence-corrected chi connectivity index (χ3v) is 4.35. The fraction of sp³-hybridized carbons (Fsp3) is 0.167. The summed E-state index contributed by atoms with van der Waals surface area (Å²) < 4.78 is 7.02. The molecular formula is C18H17BrN2O. The Morgan fingerprint density at radius 3 is 2.82 bits per heavy atom. The molecule has 0 spiro atoms. The van der Waals surface area contributed by atoms with Gasteiger partial charge < -0.3 is 9.73 Å². The molecule has 1 aromatic carbocycles. The van der Waals surface area contributed by atoms with Gasteiger partial charge in [-0.25, -0.2) is 0 Å². The van der Waals surface area contributed by atoms with Crippen molar-refractivity contribution < 1.29 is 4.42 Å². The lowest BCUT2D eigenvalue weighted by Crippen LogP contribution is -2.12. The number of rotatable bonds is 5. The summed E-state index contributed by atoms with van der Waals surface area (Å²) >= 11 is 3.52. The van der Waals surface area contributed by atoms with Crippen LogP contribution >= 0.6 is 15.9 Å². The van der Waals surface area contributed by atoms with E-state index in [9.17, 15) is 0 Å². The molecule has 3 rings (SSSR count). The van der Waals surface area contributed by atoms with Gasteiger partial charge in [-0.15, -0.1) is 0 Å². The second-order valence-corrected chi connectivity index (χ2v) is 6.05. The van der Waals surface area contributed by atoms with Gasteiger partial charge in [0.25, 0.3) is 0 Å². The third kappa shape index (κ3) is 3.64. The molecule has 0 aliphatic heterocycles. The van der Waals surface area contributed by atoms with E-state index in [4.69, 9.17) is 4.42 Å². The topological polar surface area (TPSA) is 38.1 Å². The second kappa shape index (κ2) is 6.90. The highest BCUT2D eigenvalue weighted by atomic mass is 79.9. The molecule has 0 saturated heterocycles. The van der Waals surface area contributed by atoms with Crippen molar-refractivity contribution >= 4 is 15.9 Å². The zero-order valence-electron chi connectivity index (χ0n) is 12.3. The molecule has 22 heavy (non-hydrogen) atoms. The Bertz CT molecular complexity index is 753. The lowest BCUT2D eigenvalue weighted by molar-refractivity contribution is 0.493. The minimum absolute atomic E-state index is 0.699. The van der Waals surface area contributed by atoms with E-state index in [0.29, 0.717) is 6.54 Å². The molecule has 2 heterocycles. The summed E-state index contributed by atoms with van der Waals surface area (Å²) in [6, 6.07) is 14.3. The lowest BCUT2D eigenvalue weighted by Gasteiger charge is -2.03. The van der Waals surface area contributed by atoms with Gasteiger partial charge in [0, 0.05) is 29.0 Å². The first-order valence-corrected chi connectivity index (χ1v) is 7.96. The van der Waals surface area contributed by atoms with Crippen molar-refractivity contribution in [3.63, 3.8) is 0 Å². The number of hydrogen-bond acceptors (Lipinski definition) is 3. The molecule has 0 saturated carbocycles. The zero-order valence-corrected chi connectivity index (χ0v) is 13.9. The first-order chi connectivity index (χ1) is 10.7. The standard InChI is InChI=1S/C18H17BrN2O/c1-13-9-15(4-6-17(13)19)18-7-5-16(22-18)12-21-11-14-3-2-8-20-10-14/h2-10,21H,11-12H2,1H3. The summed E-state index contributed by atoms with van der Waals surface area (Å²) in [6.45, 7) is 3.55. The van der Waals surface area contributed by atoms with Gasteiger partial charge >= 0.3 is 0 Å². The molecule has 0 unspecified atom stereocenters. The molecule has 0 fully saturated rings. The van der Waals surface area contributed by atoms with Crippen LogP contribution in [0.2, 0.25) is 0 Å². The van der Waals surface area contributed by atoms with Gasteiger partial charge in [-0.05, 0) is 48.4 Å². The van der Waals surface area contributed by atoms with Gasteiger partial charge in [0.15, 0.2) is 0 Å². The predicted molar refractivity (Wildman–Crippen MR) is 91.4 cm³/mol. The summed E-state index contributed by atoms with van der Waals surface area (Å²) in [7, 11) is 0. The van der Waals surface area contributed by atoms with Crippen LogP contribution in [0.1, 0.15) is 16.9 Å². The van der Waals surface area contributed by atoms with Crippen LogP contribution in [0.15, 0.2) is 63.7 Å². The Labute approximate surface area is 138 Å². The summed E-state index contributed by atoms with van der Waals surface area (Å²) in [6.07, 6.45) is 3.65. The average molecular weight is 357 g/mol. The molecular weight excluding hydrogens is 340 g/mol. The van der Waals surface area contributed by atoms with Crippen molar-refractivity contribution in [2.45, 2.75) is 20.0 Å². The van der Waals surface area contributed by atoms with E-state index in [-0.39, 0.29) is 0 Å². The van der Waals surface area contributed by atoms with E-state index in [1.807, 2.05) is 30.5 Å². The Balaban J connectivity index is 1.62. The zero-order chi connectivity index (χ0) is 15.4. The van der Waals surface area contributed by atoms with Gasteiger partial charge in [-0.2, -0.15) is 0 Å². The Hall–Kier alpha value is -1.91. The fourth-order valence-electron chi connectivity index (χ4n) is 2.26. The van der Waals surface area contributed by atoms with Gasteiger partial charge in [0.1, 0.15) is 11.5 Å². The molecule has 0 bridgehead atoms. The number of halogens is 1. The van der Waals surface area contributed by atoms with Crippen molar-refractivity contribution in [3.05, 3.63) is 76.2 Å². The van der Waals surface area contributed by atoms with Crippen LogP contribution in [-0.2, 0) is 13.1 Å². The van der Waals surface area contributed by atoms with E-state index in [1.54, 1.807) is 6.20 Å². The van der Waals surface area contributed by atoms with Crippen LogP contribution in [-0.4, -0.2) is 4.98 Å². The van der Waals surface area contributed by atoms with E-state index >= 15 is 0 Å². The first kappa shape index (κ1) is 15.0. The molecule has 112 valence electrons. The molecule has 3 aromatic rings. The Kier molecular flexibility index (Phi) is 4.71. The highest BCUT2D eigenvalue weighted by Crippen LogP contribution is 2.26. The number of aromatic nitrogens is 1. The van der Waals surface area contributed by atoms with E-state index in [1.165, 1.54) is 5.56 Å². The largest absolute Gasteiger partial charge is 0.460 e. The maximum Gasteiger partial charge on any atom is 0.134 e. The predicted octanol–water partition coefficient (Wildman–Crippen LogP) is 4.70. The minimum atomic E-state index is 0.699. The molecule has 0 atom stereocenters. The van der Waals surface area contributed by atoms with E-state index < -0.39 is 0 Å². The van der Waals surface area contributed by atoms with E-state index in [0.717, 1.165) is 33.7 Å². The van der Waals surface area contributed by atoms with Crippen molar-refractivity contribution in [3.8, 4) is 11.3 Å². The van der Waals surface area contributed by atoms with Crippen molar-refractivity contribution in [2.24, 2.45) is 0 Å². The quantitative estimate of drug-likeness (QED) is 0.719. The highest BCUT2D eigenvalue weighted by molar-refractivity contribution is 9.10. The number of hydrogen-bond donors (Lipinski definition) is 1. The Morgan fingerprint density at radius 1 is 1.14 bits per heavy atom. The first-order valence-electron chi connectivity index (χ1n) is 7.17. The minimum Gasteiger partial charge on any atom is -0.460 e. The van der Waals surface area contributed by atoms with Crippen LogP contribution in [0.4, 0.5) is 0 Å². The summed E-state index contributed by atoms with van der Waals surface area (Å²) in [5.74, 6) is 1.83. The maximum absolute atomic E-state index is 5.91. The van der Waals surface area contributed by atoms with E-state index in [2.05, 4.69) is 51.4 Å². The van der Waals surface area contributed by atoms with Gasteiger partial charge in [0.05, 0.1) is 6.54 Å². The van der Waals surface area contributed by atoms with Crippen LogP contribution in [0, 0.1) is 6.92 Å². The molecule has 0 amide bonds. The molecule has 4 heteroatoms. The van der Waals surface area contributed by atoms with Crippen LogP contribution in [0.25, 0.3) is 11.3 Å². The fourth-order valence-corrected chi connectivity index (χ4v) is 2.51. The summed E-state index contributed by atoms with van der Waals surface area (Å²) in [4.78, 5) is 4.10. The van der Waals surface area contributed by atoms with Gasteiger partial charge in [0.2, 0.25) is 0 Å². The molecule has 0 aliphatic carbocycles. The normalized spacial score (nSPS) is 10.8. The molecule has 3 nitrogen and oxygen atoms in total. The van der Waals surface area contributed by atoms with Gasteiger partial charge in [-0.1, -0.05) is 28.1 Å². The van der Waals surface area contributed by atoms with Crippen LogP contribution in [0.3, 0.4) is 0 Å². The van der Waals surface area contributed by atoms with Crippen molar-refractivity contribution in [1.82, 2.24) is 10.3 Å². The van der Waals surface area contributed by atoms with Crippen LogP contribution < -0.4 is 5.32 Å². The smallest absolute Gasteiger partial charge is 0.134 e. The average Bonchev–Trinajstić information content (AvgIpc) is 3.00. The molecule has 2 aromatic heterocycles. The number of nitrogens with zero attached hydrogens (tertiary/aromatic N) is 1. The van der Waals surface area contributed by atoms with Crippen molar-refractivity contribution in [1.29, 1.82) is 0 Å². The maximum atomic E-state index is 5.91. The second-order valence-electron chi connectivity index (χ2n) is 5.19. The molecule has 0 radical (unpaired) electrons.